The fraction of sp³-hybridized carbons (Fsp3) is 0.733. The lowest BCUT2D eigenvalue weighted by molar-refractivity contribution is 0.0933. The van der Waals surface area contributed by atoms with Crippen molar-refractivity contribution in [3.05, 3.63) is 18.0 Å². The Bertz CT molecular complexity index is 437. The van der Waals surface area contributed by atoms with Crippen LogP contribution in [-0.4, -0.2) is 15.6 Å². The van der Waals surface area contributed by atoms with Crippen LogP contribution in [0.5, 0.6) is 0 Å². The molecule has 1 aromatic rings. The average Bonchev–Trinajstić information content (AvgIpc) is 3.04. The maximum absolute atomic E-state index is 12.4. The van der Waals surface area contributed by atoms with Crippen molar-refractivity contribution in [2.75, 3.05) is 0 Å². The number of rotatable bonds is 5. The maximum atomic E-state index is 12.4. The summed E-state index contributed by atoms with van der Waals surface area (Å²) in [6.45, 7) is 2.97. The maximum Gasteiger partial charge on any atom is 0.181 e. The van der Waals surface area contributed by atoms with Gasteiger partial charge in [-0.05, 0) is 49.5 Å². The SMILES string of the molecule is CCCn1nccc1C(=O)CC1CC2CCC1C2. The summed E-state index contributed by atoms with van der Waals surface area (Å²) in [5.41, 5.74) is 0.819. The Morgan fingerprint density at radius 3 is 3.00 bits per heavy atom. The summed E-state index contributed by atoms with van der Waals surface area (Å²) in [7, 11) is 0. The summed E-state index contributed by atoms with van der Waals surface area (Å²) in [5.74, 6) is 2.72. The highest BCUT2D eigenvalue weighted by Crippen LogP contribution is 2.49. The molecule has 3 nitrogen and oxygen atoms in total. The van der Waals surface area contributed by atoms with Crippen LogP contribution in [0.4, 0.5) is 0 Å². The molecule has 2 bridgehead atoms. The second kappa shape index (κ2) is 4.87. The number of carbonyl (C=O) groups is 1. The Hall–Kier alpha value is -1.12. The van der Waals surface area contributed by atoms with Crippen molar-refractivity contribution in [2.45, 2.75) is 52.0 Å². The van der Waals surface area contributed by atoms with Gasteiger partial charge in [-0.25, -0.2) is 0 Å². The van der Waals surface area contributed by atoms with E-state index in [2.05, 4.69) is 12.0 Å². The zero-order valence-electron chi connectivity index (χ0n) is 11.1. The summed E-state index contributed by atoms with van der Waals surface area (Å²) in [5, 5.41) is 4.25. The molecule has 0 aromatic carbocycles. The van der Waals surface area contributed by atoms with Gasteiger partial charge in [0.05, 0.1) is 0 Å². The van der Waals surface area contributed by atoms with Crippen LogP contribution in [0, 0.1) is 17.8 Å². The molecule has 2 saturated carbocycles. The number of aromatic nitrogens is 2. The molecule has 0 spiro atoms. The topological polar surface area (TPSA) is 34.9 Å². The Labute approximate surface area is 109 Å². The molecule has 3 heteroatoms. The van der Waals surface area contributed by atoms with Gasteiger partial charge in [0.25, 0.3) is 0 Å². The molecule has 98 valence electrons. The Balaban J connectivity index is 1.66. The van der Waals surface area contributed by atoms with E-state index in [9.17, 15) is 4.79 Å². The Morgan fingerprint density at radius 1 is 1.44 bits per heavy atom. The minimum atomic E-state index is 0.304. The van der Waals surface area contributed by atoms with E-state index < -0.39 is 0 Å². The van der Waals surface area contributed by atoms with Gasteiger partial charge >= 0.3 is 0 Å². The second-order valence-electron chi connectivity index (χ2n) is 6.00. The molecule has 0 radical (unpaired) electrons. The summed E-state index contributed by atoms with van der Waals surface area (Å²) in [4.78, 5) is 12.4. The highest BCUT2D eigenvalue weighted by Gasteiger charge is 2.40. The van der Waals surface area contributed by atoms with Gasteiger partial charge in [0, 0.05) is 19.2 Å². The van der Waals surface area contributed by atoms with Gasteiger partial charge < -0.3 is 0 Å². The van der Waals surface area contributed by atoms with Gasteiger partial charge in [0.1, 0.15) is 5.69 Å². The van der Waals surface area contributed by atoms with E-state index in [-0.39, 0.29) is 0 Å². The van der Waals surface area contributed by atoms with E-state index in [0.717, 1.165) is 36.9 Å². The van der Waals surface area contributed by atoms with Crippen LogP contribution in [0.15, 0.2) is 12.3 Å². The normalized spacial score (nSPS) is 29.9. The predicted octanol–water partition coefficient (Wildman–Crippen LogP) is 3.30. The lowest BCUT2D eigenvalue weighted by Gasteiger charge is -2.20. The molecule has 2 fully saturated rings. The molecule has 0 amide bonds. The number of carbonyl (C=O) groups excluding carboxylic acids is 1. The number of fused-ring (bicyclic) bond motifs is 2. The van der Waals surface area contributed by atoms with Crippen LogP contribution in [0.3, 0.4) is 0 Å². The first-order valence-electron chi connectivity index (χ1n) is 7.33. The lowest BCUT2D eigenvalue weighted by Crippen LogP contribution is -2.18. The third kappa shape index (κ3) is 2.11. The quantitative estimate of drug-likeness (QED) is 0.747. The predicted molar refractivity (Wildman–Crippen MR) is 70.4 cm³/mol. The third-order valence-corrected chi connectivity index (χ3v) is 4.77. The Morgan fingerprint density at radius 2 is 2.33 bits per heavy atom. The van der Waals surface area contributed by atoms with Crippen LogP contribution in [0.2, 0.25) is 0 Å². The molecular formula is C15H22N2O. The lowest BCUT2D eigenvalue weighted by atomic mass is 9.85. The first kappa shape index (κ1) is 11.9. The molecular weight excluding hydrogens is 224 g/mol. The molecule has 0 aliphatic heterocycles. The van der Waals surface area contributed by atoms with Crippen molar-refractivity contribution in [1.29, 1.82) is 0 Å². The van der Waals surface area contributed by atoms with E-state index >= 15 is 0 Å². The van der Waals surface area contributed by atoms with E-state index in [1.165, 1.54) is 25.7 Å². The Kier molecular flexibility index (Phi) is 3.23. The molecule has 18 heavy (non-hydrogen) atoms. The van der Waals surface area contributed by atoms with Crippen LogP contribution in [0.25, 0.3) is 0 Å². The molecule has 3 unspecified atom stereocenters. The van der Waals surface area contributed by atoms with Crippen molar-refractivity contribution in [3.63, 3.8) is 0 Å². The summed E-state index contributed by atoms with van der Waals surface area (Å²) < 4.78 is 1.87. The minimum Gasteiger partial charge on any atom is -0.292 e. The van der Waals surface area contributed by atoms with Crippen LogP contribution >= 0.6 is 0 Å². The van der Waals surface area contributed by atoms with Gasteiger partial charge in [-0.15, -0.1) is 0 Å². The summed E-state index contributed by atoms with van der Waals surface area (Å²) in [6, 6.07) is 1.88. The molecule has 2 aliphatic rings. The minimum absolute atomic E-state index is 0.304. The van der Waals surface area contributed by atoms with E-state index in [0.29, 0.717) is 11.7 Å². The van der Waals surface area contributed by atoms with Gasteiger partial charge in [-0.2, -0.15) is 5.10 Å². The largest absolute Gasteiger partial charge is 0.292 e. The van der Waals surface area contributed by atoms with Crippen molar-refractivity contribution >= 4 is 5.78 Å². The number of hydrogen-bond acceptors (Lipinski definition) is 2. The van der Waals surface area contributed by atoms with Crippen molar-refractivity contribution < 1.29 is 4.79 Å². The zero-order valence-corrected chi connectivity index (χ0v) is 11.1. The fourth-order valence-corrected chi connectivity index (χ4v) is 3.93. The first-order chi connectivity index (χ1) is 8.78. The molecule has 1 heterocycles. The third-order valence-electron chi connectivity index (χ3n) is 4.77. The molecule has 3 atom stereocenters. The number of nitrogens with zero attached hydrogens (tertiary/aromatic N) is 2. The molecule has 3 rings (SSSR count). The van der Waals surface area contributed by atoms with E-state index in [1.54, 1.807) is 6.20 Å². The van der Waals surface area contributed by atoms with Crippen LogP contribution < -0.4 is 0 Å². The average molecular weight is 246 g/mol. The van der Waals surface area contributed by atoms with Gasteiger partial charge in [-0.3, -0.25) is 9.48 Å². The van der Waals surface area contributed by atoms with Gasteiger partial charge in [-0.1, -0.05) is 13.3 Å². The van der Waals surface area contributed by atoms with E-state index in [4.69, 9.17) is 0 Å². The highest BCUT2D eigenvalue weighted by molar-refractivity contribution is 5.94. The summed E-state index contributed by atoms with van der Waals surface area (Å²) in [6.07, 6.45) is 8.96. The molecule has 1 aromatic heterocycles. The van der Waals surface area contributed by atoms with Gasteiger partial charge in [0.2, 0.25) is 0 Å². The number of ketones is 1. The highest BCUT2D eigenvalue weighted by atomic mass is 16.1. The second-order valence-corrected chi connectivity index (χ2v) is 6.00. The molecule has 0 saturated heterocycles. The standard InChI is InChI=1S/C15H22N2O/c1-2-7-17-14(5-6-16-17)15(18)10-13-9-11-3-4-12(13)8-11/h5-6,11-13H,2-4,7-10H2,1H3. The fourth-order valence-electron chi connectivity index (χ4n) is 3.93. The van der Waals surface area contributed by atoms with Crippen molar-refractivity contribution in [1.82, 2.24) is 9.78 Å². The number of hydrogen-bond donors (Lipinski definition) is 0. The number of Topliss-reactive ketones (excluding diaryl/α,β-unsaturated/α-hetero) is 1. The monoisotopic (exact) mass is 246 g/mol. The van der Waals surface area contributed by atoms with Crippen LogP contribution in [0.1, 0.15) is 55.9 Å². The smallest absolute Gasteiger partial charge is 0.181 e. The molecule has 0 N–H and O–H groups in total. The molecule has 2 aliphatic carbocycles. The zero-order chi connectivity index (χ0) is 12.5. The van der Waals surface area contributed by atoms with Crippen molar-refractivity contribution in [3.8, 4) is 0 Å². The van der Waals surface area contributed by atoms with E-state index in [1.807, 2.05) is 10.7 Å². The van der Waals surface area contributed by atoms with Gasteiger partial charge in [0.15, 0.2) is 5.78 Å². The van der Waals surface area contributed by atoms with Crippen molar-refractivity contribution in [2.24, 2.45) is 17.8 Å². The summed E-state index contributed by atoms with van der Waals surface area (Å²) >= 11 is 0. The number of aryl methyl sites for hydroxylation is 1. The first-order valence-corrected chi connectivity index (χ1v) is 7.33. The van der Waals surface area contributed by atoms with Crippen LogP contribution in [-0.2, 0) is 6.54 Å².